The molecule has 0 aromatic rings. The Balaban J connectivity index is 2.87. The third-order valence-electron chi connectivity index (χ3n) is 1.90. The number of carbonyl (C=O) groups is 1. The van der Waals surface area contributed by atoms with Crippen LogP contribution in [0.25, 0.3) is 0 Å². The van der Waals surface area contributed by atoms with E-state index in [0.717, 1.165) is 26.1 Å². The first-order valence-electron chi connectivity index (χ1n) is 5.22. The van der Waals surface area contributed by atoms with Crippen LogP contribution in [0.1, 0.15) is 39.5 Å². The van der Waals surface area contributed by atoms with Crippen molar-refractivity contribution < 1.29 is 4.79 Å². The Morgan fingerprint density at radius 2 is 1.69 bits per heavy atom. The molecule has 0 rings (SSSR count). The Hall–Kier alpha value is -0.570. The van der Waals surface area contributed by atoms with Gasteiger partial charge in [0.2, 0.25) is 5.91 Å². The minimum absolute atomic E-state index is 0.0765. The van der Waals surface area contributed by atoms with E-state index in [1.54, 1.807) is 6.92 Å². The summed E-state index contributed by atoms with van der Waals surface area (Å²) in [6.07, 6.45) is 4.82. The highest BCUT2D eigenvalue weighted by Gasteiger charge is 1.91. The molecule has 0 atom stereocenters. The summed E-state index contributed by atoms with van der Waals surface area (Å²) in [5.41, 5.74) is 0. The van der Waals surface area contributed by atoms with Gasteiger partial charge in [-0.15, -0.1) is 0 Å². The van der Waals surface area contributed by atoms with Gasteiger partial charge in [-0.3, -0.25) is 4.79 Å². The van der Waals surface area contributed by atoms with Crippen LogP contribution in [0.15, 0.2) is 0 Å². The second kappa shape index (κ2) is 9.52. The van der Waals surface area contributed by atoms with Gasteiger partial charge in [-0.05, 0) is 25.9 Å². The average molecular weight is 186 g/mol. The van der Waals surface area contributed by atoms with Crippen LogP contribution < -0.4 is 10.6 Å². The summed E-state index contributed by atoms with van der Waals surface area (Å²) in [7, 11) is 0. The highest BCUT2D eigenvalue weighted by atomic mass is 16.1. The molecular formula is C10H22N2O. The molecule has 0 radical (unpaired) electrons. The van der Waals surface area contributed by atoms with E-state index in [-0.39, 0.29) is 5.91 Å². The monoisotopic (exact) mass is 186 g/mol. The third-order valence-corrected chi connectivity index (χ3v) is 1.90. The predicted octanol–water partition coefficient (Wildman–Crippen LogP) is 1.29. The fraction of sp³-hybridized carbons (Fsp3) is 0.900. The zero-order valence-corrected chi connectivity index (χ0v) is 8.86. The van der Waals surface area contributed by atoms with Crippen LogP contribution in [0.3, 0.4) is 0 Å². The summed E-state index contributed by atoms with van der Waals surface area (Å²) in [5, 5.41) is 6.08. The summed E-state index contributed by atoms with van der Waals surface area (Å²) in [6.45, 7) is 6.70. The molecule has 0 aliphatic heterocycles. The lowest BCUT2D eigenvalue weighted by molar-refractivity contribution is -0.118. The van der Waals surface area contributed by atoms with Gasteiger partial charge in [-0.25, -0.2) is 0 Å². The molecule has 0 bridgehead atoms. The molecule has 3 heteroatoms. The molecule has 0 unspecified atom stereocenters. The summed E-state index contributed by atoms with van der Waals surface area (Å²) >= 11 is 0. The van der Waals surface area contributed by atoms with Crippen molar-refractivity contribution in [2.75, 3.05) is 19.6 Å². The number of amides is 1. The average Bonchev–Trinajstić information content (AvgIpc) is 2.09. The van der Waals surface area contributed by atoms with Crippen LogP contribution in [0.2, 0.25) is 0 Å². The van der Waals surface area contributed by atoms with Crippen LogP contribution in [0.5, 0.6) is 0 Å². The largest absolute Gasteiger partial charge is 0.356 e. The Morgan fingerprint density at radius 1 is 1.08 bits per heavy atom. The van der Waals surface area contributed by atoms with Gasteiger partial charge in [-0.2, -0.15) is 0 Å². The van der Waals surface area contributed by atoms with Gasteiger partial charge in [-0.1, -0.05) is 19.8 Å². The molecule has 78 valence electrons. The fourth-order valence-electron chi connectivity index (χ4n) is 1.17. The van der Waals surface area contributed by atoms with E-state index in [4.69, 9.17) is 0 Å². The zero-order valence-electron chi connectivity index (χ0n) is 8.86. The van der Waals surface area contributed by atoms with Gasteiger partial charge in [0.15, 0.2) is 0 Å². The van der Waals surface area contributed by atoms with E-state index >= 15 is 0 Å². The van der Waals surface area contributed by atoms with Crippen LogP contribution >= 0.6 is 0 Å². The molecule has 13 heavy (non-hydrogen) atoms. The minimum atomic E-state index is 0.0765. The molecule has 0 fully saturated rings. The highest BCUT2D eigenvalue weighted by Crippen LogP contribution is 1.97. The molecule has 0 saturated heterocycles. The minimum Gasteiger partial charge on any atom is -0.356 e. The SMILES string of the molecule is CCNCCCCCCNC(C)=O. The Morgan fingerprint density at radius 3 is 2.23 bits per heavy atom. The van der Waals surface area contributed by atoms with Gasteiger partial charge in [0.05, 0.1) is 0 Å². The van der Waals surface area contributed by atoms with Gasteiger partial charge < -0.3 is 10.6 Å². The van der Waals surface area contributed by atoms with Gasteiger partial charge in [0, 0.05) is 13.5 Å². The molecular weight excluding hydrogens is 164 g/mol. The van der Waals surface area contributed by atoms with E-state index < -0.39 is 0 Å². The first kappa shape index (κ1) is 12.4. The number of carbonyl (C=O) groups excluding carboxylic acids is 1. The predicted molar refractivity (Wildman–Crippen MR) is 55.7 cm³/mol. The van der Waals surface area contributed by atoms with E-state index in [0.29, 0.717) is 0 Å². The standard InChI is InChI=1S/C10H22N2O/c1-3-11-8-6-4-5-7-9-12-10(2)13/h11H,3-9H2,1-2H3,(H,12,13). The highest BCUT2D eigenvalue weighted by molar-refractivity contribution is 5.72. The molecule has 0 spiro atoms. The lowest BCUT2D eigenvalue weighted by Crippen LogP contribution is -2.20. The van der Waals surface area contributed by atoms with Crippen molar-refractivity contribution in [3.8, 4) is 0 Å². The first-order chi connectivity index (χ1) is 6.27. The van der Waals surface area contributed by atoms with Crippen molar-refractivity contribution in [1.29, 1.82) is 0 Å². The van der Waals surface area contributed by atoms with Crippen LogP contribution in [-0.4, -0.2) is 25.5 Å². The van der Waals surface area contributed by atoms with Crippen LogP contribution in [0, 0.1) is 0 Å². The van der Waals surface area contributed by atoms with Crippen LogP contribution in [0.4, 0.5) is 0 Å². The van der Waals surface area contributed by atoms with E-state index in [2.05, 4.69) is 17.6 Å². The molecule has 3 nitrogen and oxygen atoms in total. The Labute approximate surface area is 81.3 Å². The summed E-state index contributed by atoms with van der Waals surface area (Å²) in [6, 6.07) is 0. The lowest BCUT2D eigenvalue weighted by atomic mass is 10.2. The summed E-state index contributed by atoms with van der Waals surface area (Å²) in [5.74, 6) is 0.0765. The summed E-state index contributed by atoms with van der Waals surface area (Å²) < 4.78 is 0. The molecule has 0 aromatic heterocycles. The zero-order chi connectivity index (χ0) is 9.94. The lowest BCUT2D eigenvalue weighted by Gasteiger charge is -2.02. The van der Waals surface area contributed by atoms with Crippen molar-refractivity contribution in [1.82, 2.24) is 10.6 Å². The molecule has 0 saturated carbocycles. The second-order valence-corrected chi connectivity index (χ2v) is 3.25. The third kappa shape index (κ3) is 11.4. The van der Waals surface area contributed by atoms with Crippen molar-refractivity contribution >= 4 is 5.91 Å². The second-order valence-electron chi connectivity index (χ2n) is 3.25. The van der Waals surface area contributed by atoms with Crippen molar-refractivity contribution in [3.63, 3.8) is 0 Å². The number of nitrogens with one attached hydrogen (secondary N) is 2. The van der Waals surface area contributed by atoms with Gasteiger partial charge in [0.1, 0.15) is 0 Å². The van der Waals surface area contributed by atoms with Gasteiger partial charge >= 0.3 is 0 Å². The number of rotatable bonds is 8. The summed E-state index contributed by atoms with van der Waals surface area (Å²) in [4.78, 5) is 10.5. The quantitative estimate of drug-likeness (QED) is 0.561. The van der Waals surface area contributed by atoms with Crippen LogP contribution in [-0.2, 0) is 4.79 Å². The molecule has 2 N–H and O–H groups in total. The maximum absolute atomic E-state index is 10.5. The van der Waals surface area contributed by atoms with Crippen molar-refractivity contribution in [2.45, 2.75) is 39.5 Å². The van der Waals surface area contributed by atoms with E-state index in [1.807, 2.05) is 0 Å². The number of hydrogen-bond acceptors (Lipinski definition) is 2. The molecule has 1 amide bonds. The molecule has 0 heterocycles. The number of hydrogen-bond donors (Lipinski definition) is 2. The van der Waals surface area contributed by atoms with Gasteiger partial charge in [0.25, 0.3) is 0 Å². The maximum Gasteiger partial charge on any atom is 0.216 e. The van der Waals surface area contributed by atoms with Crippen molar-refractivity contribution in [2.24, 2.45) is 0 Å². The molecule has 0 aliphatic carbocycles. The topological polar surface area (TPSA) is 41.1 Å². The van der Waals surface area contributed by atoms with Crippen molar-refractivity contribution in [3.05, 3.63) is 0 Å². The molecule has 0 aromatic carbocycles. The number of unbranched alkanes of at least 4 members (excludes halogenated alkanes) is 3. The Kier molecular flexibility index (Phi) is 9.10. The molecule has 0 aliphatic rings. The Bertz CT molecular complexity index is 126. The fourth-order valence-corrected chi connectivity index (χ4v) is 1.17. The van der Waals surface area contributed by atoms with E-state index in [1.165, 1.54) is 19.3 Å². The normalized spacial score (nSPS) is 10.0. The smallest absolute Gasteiger partial charge is 0.216 e. The first-order valence-corrected chi connectivity index (χ1v) is 5.22. The van der Waals surface area contributed by atoms with E-state index in [9.17, 15) is 4.79 Å². The maximum atomic E-state index is 10.5.